The smallest absolute Gasteiger partial charge is 0.304 e. The van der Waals surface area contributed by atoms with E-state index in [4.69, 9.17) is 16.7 Å². The normalized spacial score (nSPS) is 12.2. The number of carbonyl (C=O) groups is 1. The summed E-state index contributed by atoms with van der Waals surface area (Å²) in [4.78, 5) is 15.1. The molecule has 0 bridgehead atoms. The first-order valence-electron chi connectivity index (χ1n) is 6.84. The molecule has 0 fully saturated rings. The minimum atomic E-state index is -0.835. The number of nitrogens with zero attached hydrogens (tertiary/aromatic N) is 1. The van der Waals surface area contributed by atoms with E-state index < -0.39 is 5.97 Å². The zero-order valence-electron chi connectivity index (χ0n) is 12.4. The Morgan fingerprint density at radius 2 is 1.90 bits per heavy atom. The highest BCUT2D eigenvalue weighted by Crippen LogP contribution is 2.31. The number of rotatable bonds is 4. The minimum Gasteiger partial charge on any atom is -0.481 e. The molecule has 0 saturated heterocycles. The predicted molar refractivity (Wildman–Crippen MR) is 84.8 cm³/mol. The van der Waals surface area contributed by atoms with E-state index in [-0.39, 0.29) is 12.3 Å². The molecule has 21 heavy (non-hydrogen) atoms. The number of carboxylic acid groups (broad SMARTS) is 1. The van der Waals surface area contributed by atoms with Gasteiger partial charge in [-0.2, -0.15) is 0 Å². The van der Waals surface area contributed by atoms with Crippen LogP contribution in [0.1, 0.15) is 36.1 Å². The van der Waals surface area contributed by atoms with Crippen molar-refractivity contribution in [3.8, 4) is 11.1 Å². The molecule has 3 nitrogen and oxygen atoms in total. The minimum absolute atomic E-state index is 0.0412. The fraction of sp³-hybridized carbons (Fsp3) is 0.294. The van der Waals surface area contributed by atoms with Crippen LogP contribution in [0.4, 0.5) is 0 Å². The Morgan fingerprint density at radius 3 is 2.48 bits per heavy atom. The van der Waals surface area contributed by atoms with Gasteiger partial charge in [0.05, 0.1) is 6.42 Å². The van der Waals surface area contributed by atoms with E-state index in [1.165, 1.54) is 0 Å². The third-order valence-electron chi connectivity index (χ3n) is 3.57. The van der Waals surface area contributed by atoms with Crippen molar-refractivity contribution in [2.24, 2.45) is 0 Å². The first-order valence-corrected chi connectivity index (χ1v) is 7.22. The van der Waals surface area contributed by atoms with Crippen molar-refractivity contribution >= 4 is 17.6 Å². The third-order valence-corrected chi connectivity index (χ3v) is 3.76. The Morgan fingerprint density at radius 1 is 1.29 bits per heavy atom. The second-order valence-electron chi connectivity index (χ2n) is 5.37. The van der Waals surface area contributed by atoms with Crippen molar-refractivity contribution in [2.45, 2.75) is 33.1 Å². The summed E-state index contributed by atoms with van der Waals surface area (Å²) in [6.45, 7) is 5.95. The average molecular weight is 304 g/mol. The molecule has 1 atom stereocenters. The van der Waals surface area contributed by atoms with Crippen LogP contribution in [-0.2, 0) is 4.79 Å². The number of aliphatic carboxylic acids is 1. The van der Waals surface area contributed by atoms with Gasteiger partial charge in [-0.25, -0.2) is 4.98 Å². The lowest BCUT2D eigenvalue weighted by Gasteiger charge is -2.14. The molecule has 0 radical (unpaired) electrons. The molecule has 0 aliphatic carbocycles. The Labute approximate surface area is 129 Å². The molecular formula is C17H18ClNO2. The molecule has 1 aromatic carbocycles. The summed E-state index contributed by atoms with van der Waals surface area (Å²) < 4.78 is 0. The van der Waals surface area contributed by atoms with E-state index in [1.807, 2.05) is 25.1 Å². The highest BCUT2D eigenvalue weighted by atomic mass is 35.5. The van der Waals surface area contributed by atoms with Gasteiger partial charge < -0.3 is 5.11 Å². The summed E-state index contributed by atoms with van der Waals surface area (Å²) in [7, 11) is 0. The molecule has 1 heterocycles. The molecule has 0 aliphatic heterocycles. The Bertz CT molecular complexity index is 662. The van der Waals surface area contributed by atoms with Crippen molar-refractivity contribution in [3.05, 3.63) is 52.3 Å². The number of carboxylic acids is 1. The quantitative estimate of drug-likeness (QED) is 0.840. The van der Waals surface area contributed by atoms with Crippen molar-refractivity contribution in [2.75, 3.05) is 0 Å². The van der Waals surface area contributed by atoms with Gasteiger partial charge in [0.15, 0.2) is 0 Å². The van der Waals surface area contributed by atoms with Crippen molar-refractivity contribution < 1.29 is 9.90 Å². The van der Waals surface area contributed by atoms with Gasteiger partial charge in [0, 0.05) is 11.6 Å². The van der Waals surface area contributed by atoms with Crippen LogP contribution in [0.2, 0.25) is 5.15 Å². The zero-order chi connectivity index (χ0) is 15.6. The van der Waals surface area contributed by atoms with E-state index in [1.54, 1.807) is 0 Å². The summed E-state index contributed by atoms with van der Waals surface area (Å²) in [5.41, 5.74) is 5.15. The Balaban J connectivity index is 2.51. The third kappa shape index (κ3) is 3.61. The number of benzene rings is 1. The fourth-order valence-corrected chi connectivity index (χ4v) is 2.77. The van der Waals surface area contributed by atoms with Crippen molar-refractivity contribution in [3.63, 3.8) is 0 Å². The second kappa shape index (κ2) is 6.27. The lowest BCUT2D eigenvalue weighted by atomic mass is 9.94. The SMILES string of the molecule is Cc1cccc(C)c1-c1cc(Cl)nc([C@@H](C)CC(=O)O)c1. The maximum absolute atomic E-state index is 10.9. The van der Waals surface area contributed by atoms with Crippen LogP contribution < -0.4 is 0 Å². The molecule has 2 rings (SSSR count). The molecule has 0 saturated carbocycles. The van der Waals surface area contributed by atoms with Gasteiger partial charge in [0.2, 0.25) is 0 Å². The lowest BCUT2D eigenvalue weighted by Crippen LogP contribution is -2.05. The highest BCUT2D eigenvalue weighted by molar-refractivity contribution is 6.29. The zero-order valence-corrected chi connectivity index (χ0v) is 13.1. The van der Waals surface area contributed by atoms with E-state index in [0.29, 0.717) is 10.8 Å². The number of aromatic nitrogens is 1. The predicted octanol–water partition coefficient (Wildman–Crippen LogP) is 4.60. The largest absolute Gasteiger partial charge is 0.481 e. The molecule has 4 heteroatoms. The number of hydrogen-bond donors (Lipinski definition) is 1. The molecule has 0 amide bonds. The van der Waals surface area contributed by atoms with Gasteiger partial charge in [0.25, 0.3) is 0 Å². The van der Waals surface area contributed by atoms with Gasteiger partial charge >= 0.3 is 5.97 Å². The van der Waals surface area contributed by atoms with Crippen molar-refractivity contribution in [1.82, 2.24) is 4.98 Å². The number of halogens is 1. The van der Waals surface area contributed by atoms with Crippen LogP contribution in [0.3, 0.4) is 0 Å². The highest BCUT2D eigenvalue weighted by Gasteiger charge is 2.15. The number of pyridine rings is 1. The Kier molecular flexibility index (Phi) is 4.63. The molecular weight excluding hydrogens is 286 g/mol. The topological polar surface area (TPSA) is 50.2 Å². The first-order chi connectivity index (χ1) is 9.88. The molecule has 110 valence electrons. The molecule has 0 unspecified atom stereocenters. The van der Waals surface area contributed by atoms with Gasteiger partial charge in [-0.05, 0) is 48.2 Å². The van der Waals surface area contributed by atoms with Crippen LogP contribution in [0.15, 0.2) is 30.3 Å². The molecule has 0 aliphatic rings. The second-order valence-corrected chi connectivity index (χ2v) is 5.76. The van der Waals surface area contributed by atoms with Crippen LogP contribution >= 0.6 is 11.6 Å². The van der Waals surface area contributed by atoms with Crippen molar-refractivity contribution in [1.29, 1.82) is 0 Å². The molecule has 1 N–H and O–H groups in total. The maximum atomic E-state index is 10.9. The van der Waals surface area contributed by atoms with Gasteiger partial charge in [0.1, 0.15) is 5.15 Å². The lowest BCUT2D eigenvalue weighted by molar-refractivity contribution is -0.137. The molecule has 2 aromatic rings. The van der Waals surface area contributed by atoms with E-state index in [9.17, 15) is 4.79 Å². The van der Waals surface area contributed by atoms with Gasteiger partial charge in [-0.1, -0.05) is 36.7 Å². The fourth-order valence-electron chi connectivity index (χ4n) is 2.55. The summed E-state index contributed by atoms with van der Waals surface area (Å²) in [6.07, 6.45) is 0.0412. The van der Waals surface area contributed by atoms with Crippen LogP contribution in [0.25, 0.3) is 11.1 Å². The van der Waals surface area contributed by atoms with Crippen LogP contribution in [0.5, 0.6) is 0 Å². The number of aryl methyl sites for hydroxylation is 2. The summed E-state index contributed by atoms with van der Waals surface area (Å²) >= 11 is 6.13. The maximum Gasteiger partial charge on any atom is 0.304 e. The first kappa shape index (κ1) is 15.5. The monoisotopic (exact) mass is 303 g/mol. The van der Waals surface area contributed by atoms with Gasteiger partial charge in [-0.15, -0.1) is 0 Å². The van der Waals surface area contributed by atoms with Gasteiger partial charge in [-0.3, -0.25) is 4.79 Å². The van der Waals surface area contributed by atoms with E-state index in [0.717, 1.165) is 22.3 Å². The van der Waals surface area contributed by atoms with E-state index >= 15 is 0 Å². The molecule has 0 spiro atoms. The Hall–Kier alpha value is -1.87. The molecule has 1 aromatic heterocycles. The summed E-state index contributed by atoms with van der Waals surface area (Å²) in [6, 6.07) is 9.89. The standard InChI is InChI=1S/C17H18ClNO2/c1-10-5-4-6-11(2)17(10)13-8-14(19-15(18)9-13)12(3)7-16(20)21/h4-6,8-9,12H,7H2,1-3H3,(H,20,21)/t12-/m0/s1. The summed E-state index contributed by atoms with van der Waals surface area (Å²) in [5, 5.41) is 9.32. The summed E-state index contributed by atoms with van der Waals surface area (Å²) in [5.74, 6) is -1.01. The van der Waals surface area contributed by atoms with E-state index in [2.05, 4.69) is 31.0 Å². The van der Waals surface area contributed by atoms with Crippen LogP contribution in [-0.4, -0.2) is 16.1 Å². The number of hydrogen-bond acceptors (Lipinski definition) is 2. The van der Waals surface area contributed by atoms with Crippen LogP contribution in [0, 0.1) is 13.8 Å². The average Bonchev–Trinajstić information content (AvgIpc) is 2.37.